The SMILES string of the molecule is C[C@H](O)CC1C(=O)C(Oc2ccc(F)cc2F)=Cc2cnc(NC3CCCC3)nc21. The van der Waals surface area contributed by atoms with Crippen molar-refractivity contribution in [2.24, 2.45) is 0 Å². The lowest BCUT2D eigenvalue weighted by atomic mass is 9.86. The lowest BCUT2D eigenvalue weighted by Gasteiger charge is -2.25. The minimum absolute atomic E-state index is 0.0984. The van der Waals surface area contributed by atoms with Crippen LogP contribution in [0, 0.1) is 11.6 Å². The molecule has 2 aliphatic carbocycles. The fraction of sp³-hybridized carbons (Fsp3) is 0.409. The number of aliphatic hydroxyl groups is 1. The molecule has 1 aromatic heterocycles. The van der Waals surface area contributed by atoms with Crippen LogP contribution in [0.25, 0.3) is 6.08 Å². The molecule has 2 aliphatic rings. The van der Waals surface area contributed by atoms with Crippen molar-refractivity contribution in [1.29, 1.82) is 0 Å². The van der Waals surface area contributed by atoms with E-state index in [1.165, 1.54) is 6.08 Å². The normalized spacial score (nSPS) is 19.9. The second-order valence-electron chi connectivity index (χ2n) is 7.85. The highest BCUT2D eigenvalue weighted by Gasteiger charge is 2.34. The first kappa shape index (κ1) is 20.4. The van der Waals surface area contributed by atoms with Crippen LogP contribution in [0.2, 0.25) is 0 Å². The van der Waals surface area contributed by atoms with Crippen molar-refractivity contribution in [2.45, 2.75) is 57.1 Å². The number of aromatic nitrogens is 2. The molecule has 0 bridgehead atoms. The number of ketones is 1. The molecule has 2 N–H and O–H groups in total. The number of nitrogens with one attached hydrogen (secondary N) is 1. The Labute approximate surface area is 173 Å². The minimum atomic E-state index is -0.908. The number of hydrogen-bond donors (Lipinski definition) is 2. The first-order chi connectivity index (χ1) is 14.4. The van der Waals surface area contributed by atoms with Crippen molar-refractivity contribution in [1.82, 2.24) is 9.97 Å². The maximum Gasteiger partial charge on any atom is 0.223 e. The van der Waals surface area contributed by atoms with Crippen LogP contribution in [0.3, 0.4) is 0 Å². The molecule has 1 unspecified atom stereocenters. The summed E-state index contributed by atoms with van der Waals surface area (Å²) in [7, 11) is 0. The van der Waals surface area contributed by atoms with Crippen molar-refractivity contribution in [2.75, 3.05) is 5.32 Å². The van der Waals surface area contributed by atoms with Crippen LogP contribution < -0.4 is 10.1 Å². The van der Waals surface area contributed by atoms with Gasteiger partial charge in [0.2, 0.25) is 11.7 Å². The Bertz CT molecular complexity index is 988. The summed E-state index contributed by atoms with van der Waals surface area (Å²) in [5.41, 5.74) is 1.07. The van der Waals surface area contributed by atoms with Crippen molar-refractivity contribution < 1.29 is 23.4 Å². The highest BCUT2D eigenvalue weighted by molar-refractivity contribution is 6.05. The Kier molecular flexibility index (Phi) is 5.76. The third-order valence-electron chi connectivity index (χ3n) is 5.40. The van der Waals surface area contributed by atoms with Gasteiger partial charge in [-0.3, -0.25) is 4.79 Å². The largest absolute Gasteiger partial charge is 0.450 e. The third kappa shape index (κ3) is 4.33. The van der Waals surface area contributed by atoms with E-state index in [9.17, 15) is 18.7 Å². The lowest BCUT2D eigenvalue weighted by Crippen LogP contribution is -2.27. The molecular formula is C22H23F2N3O3. The van der Waals surface area contributed by atoms with E-state index in [0.717, 1.165) is 37.8 Å². The van der Waals surface area contributed by atoms with Crippen LogP contribution in [-0.2, 0) is 4.79 Å². The first-order valence-electron chi connectivity index (χ1n) is 10.1. The van der Waals surface area contributed by atoms with Crippen LogP contribution in [0.1, 0.15) is 56.2 Å². The Morgan fingerprint density at radius 2 is 2.07 bits per heavy atom. The zero-order valence-corrected chi connectivity index (χ0v) is 16.6. The molecule has 0 aliphatic heterocycles. The Morgan fingerprint density at radius 1 is 1.30 bits per heavy atom. The number of anilines is 1. The van der Waals surface area contributed by atoms with Crippen LogP contribution in [0.15, 0.2) is 30.2 Å². The molecule has 0 spiro atoms. The summed E-state index contributed by atoms with van der Waals surface area (Å²) in [6, 6.07) is 3.18. The standard InChI is InChI=1S/C22H23F2N3O3/c1-12(28)8-16-20-13(11-25-22(27-20)26-15-4-2-3-5-15)9-19(21(16)29)30-18-7-6-14(23)10-17(18)24/h6-7,9-12,15-16,28H,2-5,8H2,1H3,(H,25,26,27)/t12-,16?/m0/s1. The van der Waals surface area contributed by atoms with E-state index in [0.29, 0.717) is 29.3 Å². The molecule has 2 atom stereocenters. The number of aliphatic hydroxyl groups excluding tert-OH is 1. The van der Waals surface area contributed by atoms with Gasteiger partial charge in [-0.05, 0) is 44.4 Å². The number of benzene rings is 1. The molecule has 158 valence electrons. The number of fused-ring (bicyclic) bond motifs is 1. The van der Waals surface area contributed by atoms with Crippen LogP contribution in [0.4, 0.5) is 14.7 Å². The van der Waals surface area contributed by atoms with Gasteiger partial charge in [-0.15, -0.1) is 0 Å². The summed E-state index contributed by atoms with van der Waals surface area (Å²) in [4.78, 5) is 22.0. The number of rotatable bonds is 6. The molecule has 8 heteroatoms. The van der Waals surface area contributed by atoms with E-state index in [1.54, 1.807) is 13.1 Å². The van der Waals surface area contributed by atoms with Gasteiger partial charge in [-0.1, -0.05) is 12.8 Å². The van der Waals surface area contributed by atoms with E-state index in [4.69, 9.17) is 4.74 Å². The molecule has 0 radical (unpaired) electrons. The molecule has 1 heterocycles. The Hall–Kier alpha value is -2.87. The number of hydrogen-bond acceptors (Lipinski definition) is 6. The number of halogens is 2. The van der Waals surface area contributed by atoms with Gasteiger partial charge in [0, 0.05) is 23.9 Å². The molecule has 0 amide bonds. The van der Waals surface area contributed by atoms with Gasteiger partial charge < -0.3 is 15.2 Å². The Balaban J connectivity index is 1.66. The monoisotopic (exact) mass is 415 g/mol. The predicted octanol–water partition coefficient (Wildman–Crippen LogP) is 3.97. The average Bonchev–Trinajstić information content (AvgIpc) is 3.20. The highest BCUT2D eigenvalue weighted by Crippen LogP contribution is 2.35. The minimum Gasteiger partial charge on any atom is -0.450 e. The predicted molar refractivity (Wildman–Crippen MR) is 107 cm³/mol. The van der Waals surface area contributed by atoms with Gasteiger partial charge >= 0.3 is 0 Å². The van der Waals surface area contributed by atoms with Crippen LogP contribution in [-0.4, -0.2) is 33.0 Å². The number of carbonyl (C=O) groups excluding carboxylic acids is 1. The fourth-order valence-electron chi connectivity index (χ4n) is 3.94. The summed E-state index contributed by atoms with van der Waals surface area (Å²) in [6.45, 7) is 1.59. The number of ether oxygens (including phenoxy) is 1. The topological polar surface area (TPSA) is 84.3 Å². The van der Waals surface area contributed by atoms with Gasteiger partial charge in [0.25, 0.3) is 0 Å². The molecule has 0 saturated heterocycles. The van der Waals surface area contributed by atoms with Crippen molar-refractivity contribution >= 4 is 17.8 Å². The maximum absolute atomic E-state index is 14.0. The molecule has 4 rings (SSSR count). The zero-order chi connectivity index (χ0) is 21.3. The molecule has 1 fully saturated rings. The van der Waals surface area contributed by atoms with Gasteiger partial charge in [0.1, 0.15) is 5.82 Å². The summed E-state index contributed by atoms with van der Waals surface area (Å²) >= 11 is 0. The van der Waals surface area contributed by atoms with E-state index >= 15 is 0 Å². The van der Waals surface area contributed by atoms with E-state index in [2.05, 4.69) is 15.3 Å². The first-order valence-corrected chi connectivity index (χ1v) is 10.1. The molecular weight excluding hydrogens is 392 g/mol. The molecule has 1 saturated carbocycles. The van der Waals surface area contributed by atoms with Gasteiger partial charge in [-0.2, -0.15) is 0 Å². The van der Waals surface area contributed by atoms with Crippen molar-refractivity contribution in [3.63, 3.8) is 0 Å². The molecule has 6 nitrogen and oxygen atoms in total. The smallest absolute Gasteiger partial charge is 0.223 e. The van der Waals surface area contributed by atoms with Gasteiger partial charge in [0.05, 0.1) is 17.7 Å². The van der Waals surface area contributed by atoms with Crippen LogP contribution in [0.5, 0.6) is 5.75 Å². The molecule has 1 aromatic carbocycles. The van der Waals surface area contributed by atoms with E-state index in [-0.39, 0.29) is 17.9 Å². The number of Topliss-reactive ketones (excluding diaryl/α,β-unsaturated/α-hetero) is 1. The second-order valence-corrected chi connectivity index (χ2v) is 7.85. The van der Waals surface area contributed by atoms with Crippen molar-refractivity contribution in [3.8, 4) is 5.75 Å². The summed E-state index contributed by atoms with van der Waals surface area (Å²) < 4.78 is 32.6. The summed E-state index contributed by atoms with van der Waals surface area (Å²) in [5.74, 6) is -2.72. The Morgan fingerprint density at radius 3 is 2.77 bits per heavy atom. The molecule has 30 heavy (non-hydrogen) atoms. The van der Waals surface area contributed by atoms with E-state index in [1.807, 2.05) is 0 Å². The van der Waals surface area contributed by atoms with Gasteiger partial charge in [-0.25, -0.2) is 18.7 Å². The fourth-order valence-corrected chi connectivity index (χ4v) is 3.94. The summed E-state index contributed by atoms with van der Waals surface area (Å²) in [5, 5.41) is 13.2. The van der Waals surface area contributed by atoms with Crippen molar-refractivity contribution in [3.05, 3.63) is 53.0 Å². The zero-order valence-electron chi connectivity index (χ0n) is 16.6. The number of allylic oxidation sites excluding steroid dienone is 1. The second kappa shape index (κ2) is 8.47. The number of carbonyl (C=O) groups is 1. The third-order valence-corrected chi connectivity index (χ3v) is 5.40. The maximum atomic E-state index is 14.0. The number of nitrogens with zero attached hydrogens (tertiary/aromatic N) is 2. The summed E-state index contributed by atoms with van der Waals surface area (Å²) in [6.07, 6.45) is 6.86. The lowest BCUT2D eigenvalue weighted by molar-refractivity contribution is -0.119. The highest BCUT2D eigenvalue weighted by atomic mass is 19.1. The van der Waals surface area contributed by atoms with E-state index < -0.39 is 29.4 Å². The quantitative estimate of drug-likeness (QED) is 0.743. The average molecular weight is 415 g/mol. The molecule has 2 aromatic rings. The van der Waals surface area contributed by atoms with Gasteiger partial charge in [0.15, 0.2) is 17.3 Å². The van der Waals surface area contributed by atoms with Crippen LogP contribution >= 0.6 is 0 Å².